The summed E-state index contributed by atoms with van der Waals surface area (Å²) in [6.07, 6.45) is 0.295. The highest BCUT2D eigenvalue weighted by atomic mass is 33.1. The zero-order valence-electron chi connectivity index (χ0n) is 25.9. The van der Waals surface area contributed by atoms with E-state index in [-0.39, 0.29) is 12.8 Å². The minimum absolute atomic E-state index is 0.0960. The predicted molar refractivity (Wildman–Crippen MR) is 175 cm³/mol. The number of hydrogen-bond donors (Lipinski definition) is 6. The number of carboxylic acid groups (broad SMARTS) is 1. The van der Waals surface area contributed by atoms with Gasteiger partial charge in [0.15, 0.2) is 0 Å². The minimum Gasteiger partial charge on any atom is -0.497 e. The summed E-state index contributed by atoms with van der Waals surface area (Å²) in [7, 11) is 3.90. The molecule has 1 aliphatic rings. The van der Waals surface area contributed by atoms with E-state index in [0.29, 0.717) is 5.75 Å². The first kappa shape index (κ1) is 35.7. The Morgan fingerprint density at radius 3 is 2.18 bits per heavy atom. The third kappa shape index (κ3) is 10.1. The molecule has 0 spiro atoms. The molecule has 14 heteroatoms. The highest BCUT2D eigenvalue weighted by Gasteiger charge is 2.44. The summed E-state index contributed by atoms with van der Waals surface area (Å²) in [5.74, 6) is -3.15. The van der Waals surface area contributed by atoms with E-state index in [1.54, 1.807) is 83.3 Å². The van der Waals surface area contributed by atoms with Gasteiger partial charge in [0.2, 0.25) is 23.6 Å². The molecule has 3 rings (SSSR count). The molecule has 2 aromatic carbocycles. The Balaban J connectivity index is 1.87. The van der Waals surface area contributed by atoms with Gasteiger partial charge in [-0.1, -0.05) is 64.1 Å². The van der Waals surface area contributed by atoms with Crippen LogP contribution in [0.2, 0.25) is 0 Å². The van der Waals surface area contributed by atoms with E-state index in [1.807, 2.05) is 6.07 Å². The zero-order chi connectivity index (χ0) is 33.4. The van der Waals surface area contributed by atoms with E-state index in [2.05, 4.69) is 21.3 Å². The number of amides is 4. The number of hydrogen-bond acceptors (Lipinski definition) is 9. The summed E-state index contributed by atoms with van der Waals surface area (Å²) >= 11 is 0. The quantitative estimate of drug-likeness (QED) is 0.226. The van der Waals surface area contributed by atoms with Crippen molar-refractivity contribution in [2.75, 3.05) is 13.7 Å². The maximum atomic E-state index is 13.5. The lowest BCUT2D eigenvalue weighted by molar-refractivity contribution is -0.143. The van der Waals surface area contributed by atoms with E-state index < -0.39 is 69.8 Å². The smallest absolute Gasteiger partial charge is 0.327 e. The summed E-state index contributed by atoms with van der Waals surface area (Å²) in [4.78, 5) is 65.6. The van der Waals surface area contributed by atoms with Crippen molar-refractivity contribution in [3.8, 4) is 5.75 Å². The highest BCUT2D eigenvalue weighted by molar-refractivity contribution is 8.77. The van der Waals surface area contributed by atoms with Crippen molar-refractivity contribution in [3.63, 3.8) is 0 Å². The number of rotatable bonds is 8. The normalized spacial score (nSPS) is 22.9. The SMILES string of the molecule is COc1ccc(C[C@H](N)C(=O)NC2C(=O)NCC(=O)N[C@@H](Cc3ccccc3)C(=O)N[C@@H](C(=O)O)C(C)(C)SSC2(C)C)cc1. The van der Waals surface area contributed by atoms with Crippen LogP contribution in [0.15, 0.2) is 54.6 Å². The predicted octanol–water partition coefficient (Wildman–Crippen LogP) is 1.42. The molecular weight excluding hydrogens is 619 g/mol. The number of ether oxygens (including phenoxy) is 1. The van der Waals surface area contributed by atoms with Crippen LogP contribution in [0, 0.1) is 0 Å². The van der Waals surface area contributed by atoms with Crippen LogP contribution in [0.5, 0.6) is 5.75 Å². The molecule has 45 heavy (non-hydrogen) atoms. The van der Waals surface area contributed by atoms with Crippen LogP contribution in [-0.2, 0) is 36.8 Å². The van der Waals surface area contributed by atoms with E-state index in [9.17, 15) is 29.1 Å². The first-order valence-electron chi connectivity index (χ1n) is 14.3. The van der Waals surface area contributed by atoms with Crippen molar-refractivity contribution in [1.82, 2.24) is 21.3 Å². The van der Waals surface area contributed by atoms with Crippen molar-refractivity contribution in [1.29, 1.82) is 0 Å². The third-order valence-electron chi connectivity index (χ3n) is 7.25. The Labute approximate surface area is 270 Å². The van der Waals surface area contributed by atoms with Crippen LogP contribution in [0.25, 0.3) is 0 Å². The monoisotopic (exact) mass is 659 g/mol. The molecule has 0 aliphatic carbocycles. The van der Waals surface area contributed by atoms with Crippen molar-refractivity contribution in [2.45, 2.75) is 74.2 Å². The van der Waals surface area contributed by atoms with Crippen LogP contribution in [-0.4, -0.2) is 82.0 Å². The van der Waals surface area contributed by atoms with E-state index >= 15 is 0 Å². The summed E-state index contributed by atoms with van der Waals surface area (Å²) in [5.41, 5.74) is 7.77. The van der Waals surface area contributed by atoms with Crippen LogP contribution in [0.4, 0.5) is 0 Å². The standard InChI is InChI=1S/C31H41N5O7S2/c1-30(2)24(35-26(38)21(32)15-19-11-13-20(43-5)14-12-19)28(40)33-17-23(37)34-22(16-18-9-7-6-8-10-18)27(39)36-25(29(41)42)31(3,4)45-44-30/h6-14,21-22,24-25H,15-17,32H2,1-5H3,(H,33,40)(H,34,37)(H,35,38)(H,36,39)(H,41,42)/t21-,22-,24?,25-/m0/s1. The number of nitrogens with one attached hydrogen (secondary N) is 4. The van der Waals surface area contributed by atoms with Crippen molar-refractivity contribution >= 4 is 51.2 Å². The Morgan fingerprint density at radius 1 is 0.956 bits per heavy atom. The first-order chi connectivity index (χ1) is 21.1. The zero-order valence-corrected chi connectivity index (χ0v) is 27.6. The lowest BCUT2D eigenvalue weighted by Gasteiger charge is -2.38. The van der Waals surface area contributed by atoms with E-state index in [4.69, 9.17) is 10.5 Å². The van der Waals surface area contributed by atoms with Gasteiger partial charge < -0.3 is 36.8 Å². The number of methoxy groups -OCH3 is 1. The molecule has 2 aromatic rings. The first-order valence-corrected chi connectivity index (χ1v) is 16.5. The number of aliphatic carboxylic acids is 1. The molecular formula is C31H41N5O7S2. The molecule has 4 amide bonds. The van der Waals surface area contributed by atoms with Crippen molar-refractivity contribution in [2.24, 2.45) is 5.73 Å². The molecule has 0 saturated carbocycles. The number of benzene rings is 2. The summed E-state index contributed by atoms with van der Waals surface area (Å²) < 4.78 is 3.05. The van der Waals surface area contributed by atoms with Gasteiger partial charge in [-0.2, -0.15) is 0 Å². The lowest BCUT2D eigenvalue weighted by Crippen LogP contribution is -2.61. The minimum atomic E-state index is -1.35. The molecule has 244 valence electrons. The van der Waals surface area contributed by atoms with E-state index in [0.717, 1.165) is 21.9 Å². The third-order valence-corrected chi connectivity index (χ3v) is 11.5. The molecule has 4 atom stereocenters. The second kappa shape index (κ2) is 15.5. The highest BCUT2D eigenvalue weighted by Crippen LogP contribution is 2.46. The lowest BCUT2D eigenvalue weighted by atomic mass is 10.00. The van der Waals surface area contributed by atoms with Gasteiger partial charge in [0.25, 0.3) is 0 Å². The Bertz CT molecular complexity index is 1370. The summed E-state index contributed by atoms with van der Waals surface area (Å²) in [6, 6.07) is 11.4. The molecule has 1 aliphatic heterocycles. The van der Waals surface area contributed by atoms with Gasteiger partial charge in [0.05, 0.1) is 24.4 Å². The molecule has 1 fully saturated rings. The van der Waals surface area contributed by atoms with Gasteiger partial charge in [-0.25, -0.2) is 4.79 Å². The van der Waals surface area contributed by atoms with Gasteiger partial charge >= 0.3 is 5.97 Å². The summed E-state index contributed by atoms with van der Waals surface area (Å²) in [5, 5.41) is 20.7. The van der Waals surface area contributed by atoms with Gasteiger partial charge in [-0.3, -0.25) is 19.2 Å². The van der Waals surface area contributed by atoms with Crippen LogP contribution in [0.1, 0.15) is 38.8 Å². The molecule has 0 aromatic heterocycles. The second-order valence-corrected chi connectivity index (χ2v) is 15.2. The molecule has 1 heterocycles. The fourth-order valence-electron chi connectivity index (χ4n) is 4.57. The topological polar surface area (TPSA) is 189 Å². The fraction of sp³-hybridized carbons (Fsp3) is 0.452. The molecule has 0 bridgehead atoms. The average molecular weight is 660 g/mol. The van der Waals surface area contributed by atoms with Crippen LogP contribution < -0.4 is 31.7 Å². The Kier molecular flexibility index (Phi) is 12.3. The summed E-state index contributed by atoms with van der Waals surface area (Å²) in [6.45, 7) is 6.28. The van der Waals surface area contributed by atoms with Crippen LogP contribution >= 0.6 is 21.6 Å². The number of carboxylic acids is 1. The van der Waals surface area contributed by atoms with Gasteiger partial charge in [-0.15, -0.1) is 0 Å². The molecule has 0 radical (unpaired) electrons. The molecule has 1 unspecified atom stereocenters. The molecule has 7 N–H and O–H groups in total. The van der Waals surface area contributed by atoms with Crippen molar-refractivity contribution < 1.29 is 33.8 Å². The average Bonchev–Trinajstić information content (AvgIpc) is 3.00. The number of nitrogens with two attached hydrogens (primary N) is 1. The maximum Gasteiger partial charge on any atom is 0.327 e. The number of carbonyl (C=O) groups excluding carboxylic acids is 4. The maximum absolute atomic E-state index is 13.5. The second-order valence-electron chi connectivity index (χ2n) is 11.8. The largest absolute Gasteiger partial charge is 0.497 e. The Morgan fingerprint density at radius 2 is 1.58 bits per heavy atom. The van der Waals surface area contributed by atoms with Gasteiger partial charge in [-0.05, 0) is 57.4 Å². The van der Waals surface area contributed by atoms with Crippen LogP contribution in [0.3, 0.4) is 0 Å². The van der Waals surface area contributed by atoms with Gasteiger partial charge in [0, 0.05) is 11.2 Å². The molecule has 1 saturated heterocycles. The van der Waals surface area contributed by atoms with Crippen molar-refractivity contribution in [3.05, 3.63) is 65.7 Å². The van der Waals surface area contributed by atoms with Gasteiger partial charge in [0.1, 0.15) is 23.9 Å². The van der Waals surface area contributed by atoms with E-state index in [1.165, 1.54) is 10.8 Å². The fourth-order valence-corrected chi connectivity index (χ4v) is 7.39. The molecule has 12 nitrogen and oxygen atoms in total. The Hall–Kier alpha value is -3.75. The number of carbonyl (C=O) groups is 5.